The summed E-state index contributed by atoms with van der Waals surface area (Å²) in [4.78, 5) is 5.22. The average Bonchev–Trinajstić information content (AvgIpc) is 2.65. The molecule has 0 amide bonds. The lowest BCUT2D eigenvalue weighted by Gasteiger charge is -2.37. The standard InChI is InChI=1S/C22H21NO/c1-18(23-24-2)22(19-12-6-3-7-13-19,20-14-8-4-9-15-20)21-16-10-5-11-17-21/h3-17,23H,1H2,2H3. The summed E-state index contributed by atoms with van der Waals surface area (Å²) in [7, 11) is 1.61. The van der Waals surface area contributed by atoms with Crippen molar-refractivity contribution in [2.24, 2.45) is 0 Å². The highest BCUT2D eigenvalue weighted by molar-refractivity contribution is 5.57. The molecule has 0 aromatic heterocycles. The van der Waals surface area contributed by atoms with E-state index in [0.717, 1.165) is 22.4 Å². The van der Waals surface area contributed by atoms with Crippen molar-refractivity contribution in [3.05, 3.63) is 120 Å². The highest BCUT2D eigenvalue weighted by Crippen LogP contribution is 2.43. The van der Waals surface area contributed by atoms with Crippen LogP contribution in [0.4, 0.5) is 0 Å². The van der Waals surface area contributed by atoms with Crippen molar-refractivity contribution >= 4 is 0 Å². The van der Waals surface area contributed by atoms with Gasteiger partial charge < -0.3 is 0 Å². The van der Waals surface area contributed by atoms with E-state index in [0.29, 0.717) is 0 Å². The molecule has 120 valence electrons. The lowest BCUT2D eigenvalue weighted by Crippen LogP contribution is -2.37. The molecule has 0 saturated carbocycles. The summed E-state index contributed by atoms with van der Waals surface area (Å²) in [6, 6.07) is 31.1. The highest BCUT2D eigenvalue weighted by atomic mass is 16.6. The minimum atomic E-state index is -0.542. The normalized spacial score (nSPS) is 11.0. The van der Waals surface area contributed by atoms with Crippen molar-refractivity contribution in [1.82, 2.24) is 5.48 Å². The summed E-state index contributed by atoms with van der Waals surface area (Å²) in [5, 5.41) is 0. The van der Waals surface area contributed by atoms with Crippen LogP contribution >= 0.6 is 0 Å². The highest BCUT2D eigenvalue weighted by Gasteiger charge is 2.39. The number of hydrogen-bond donors (Lipinski definition) is 1. The summed E-state index contributed by atoms with van der Waals surface area (Å²) >= 11 is 0. The molecule has 0 aliphatic rings. The molecule has 3 aromatic carbocycles. The van der Waals surface area contributed by atoms with Crippen LogP contribution in [-0.4, -0.2) is 7.11 Å². The summed E-state index contributed by atoms with van der Waals surface area (Å²) in [6.45, 7) is 4.31. The fraction of sp³-hybridized carbons (Fsp3) is 0.0909. The lowest BCUT2D eigenvalue weighted by atomic mass is 9.67. The Morgan fingerprint density at radius 1 is 0.708 bits per heavy atom. The van der Waals surface area contributed by atoms with Crippen molar-refractivity contribution in [2.45, 2.75) is 5.41 Å². The van der Waals surface area contributed by atoms with Crippen molar-refractivity contribution < 1.29 is 4.84 Å². The summed E-state index contributed by atoms with van der Waals surface area (Å²) < 4.78 is 0. The first-order valence-corrected chi connectivity index (χ1v) is 7.95. The molecule has 0 atom stereocenters. The number of hydrogen-bond acceptors (Lipinski definition) is 2. The second-order valence-corrected chi connectivity index (χ2v) is 5.63. The number of benzene rings is 3. The van der Waals surface area contributed by atoms with Crippen molar-refractivity contribution in [1.29, 1.82) is 0 Å². The van der Waals surface area contributed by atoms with Crippen LogP contribution in [0.5, 0.6) is 0 Å². The maximum Gasteiger partial charge on any atom is 0.0865 e. The van der Waals surface area contributed by atoms with E-state index in [1.165, 1.54) is 0 Å². The Bertz CT molecular complexity index is 685. The largest absolute Gasteiger partial charge is 0.280 e. The van der Waals surface area contributed by atoms with Gasteiger partial charge in [-0.3, -0.25) is 10.3 Å². The van der Waals surface area contributed by atoms with Gasteiger partial charge in [0.2, 0.25) is 0 Å². The lowest BCUT2D eigenvalue weighted by molar-refractivity contribution is 0.110. The van der Waals surface area contributed by atoms with Crippen LogP contribution in [0, 0.1) is 0 Å². The van der Waals surface area contributed by atoms with Gasteiger partial charge in [-0.1, -0.05) is 97.6 Å². The molecule has 3 aromatic rings. The van der Waals surface area contributed by atoms with Crippen molar-refractivity contribution in [3.63, 3.8) is 0 Å². The third kappa shape index (κ3) is 2.72. The van der Waals surface area contributed by atoms with E-state index in [4.69, 9.17) is 4.84 Å². The third-order valence-corrected chi connectivity index (χ3v) is 4.30. The molecule has 24 heavy (non-hydrogen) atoms. The quantitative estimate of drug-likeness (QED) is 0.526. The summed E-state index contributed by atoms with van der Waals surface area (Å²) in [5.41, 5.74) is 6.63. The van der Waals surface area contributed by atoms with Gasteiger partial charge in [0.15, 0.2) is 0 Å². The molecule has 0 spiro atoms. The predicted molar refractivity (Wildman–Crippen MR) is 98.5 cm³/mol. The number of hydroxylamine groups is 1. The van der Waals surface area contributed by atoms with Crippen molar-refractivity contribution in [2.75, 3.05) is 7.11 Å². The molecule has 0 unspecified atom stereocenters. The Morgan fingerprint density at radius 2 is 1.04 bits per heavy atom. The zero-order chi connectivity index (χ0) is 16.8. The minimum Gasteiger partial charge on any atom is -0.280 e. The number of rotatable bonds is 6. The number of allylic oxidation sites excluding steroid dienone is 1. The van der Waals surface area contributed by atoms with E-state index in [9.17, 15) is 0 Å². The molecule has 0 saturated heterocycles. The average molecular weight is 315 g/mol. The third-order valence-electron chi connectivity index (χ3n) is 4.30. The van der Waals surface area contributed by atoms with E-state index in [1.807, 2.05) is 18.2 Å². The topological polar surface area (TPSA) is 21.3 Å². The fourth-order valence-corrected chi connectivity index (χ4v) is 3.29. The molecule has 3 rings (SSSR count). The first-order valence-electron chi connectivity index (χ1n) is 7.95. The van der Waals surface area contributed by atoms with Crippen LogP contribution in [0.1, 0.15) is 16.7 Å². The molecule has 2 heteroatoms. The van der Waals surface area contributed by atoms with Gasteiger partial charge in [0.25, 0.3) is 0 Å². The van der Waals surface area contributed by atoms with Gasteiger partial charge in [0.1, 0.15) is 0 Å². The Labute approximate surface area is 143 Å². The zero-order valence-electron chi connectivity index (χ0n) is 13.8. The van der Waals surface area contributed by atoms with Crippen LogP contribution in [0.2, 0.25) is 0 Å². The molecule has 2 nitrogen and oxygen atoms in total. The SMILES string of the molecule is C=C(NOC)C(c1ccccc1)(c1ccccc1)c1ccccc1. The van der Waals surface area contributed by atoms with E-state index in [-0.39, 0.29) is 0 Å². The second-order valence-electron chi connectivity index (χ2n) is 5.63. The second kappa shape index (κ2) is 7.16. The maximum absolute atomic E-state index is 5.22. The predicted octanol–water partition coefficient (Wildman–Crippen LogP) is 4.69. The Kier molecular flexibility index (Phi) is 4.78. The van der Waals surface area contributed by atoms with E-state index in [1.54, 1.807) is 7.11 Å². The molecule has 0 fully saturated rings. The molecule has 0 radical (unpaired) electrons. The van der Waals surface area contributed by atoms with Gasteiger partial charge in [0.05, 0.1) is 18.2 Å². The van der Waals surface area contributed by atoms with Gasteiger partial charge in [-0.2, -0.15) is 0 Å². The van der Waals surface area contributed by atoms with Crippen LogP contribution < -0.4 is 5.48 Å². The van der Waals surface area contributed by atoms with Crippen LogP contribution in [0.15, 0.2) is 103 Å². The Morgan fingerprint density at radius 3 is 1.33 bits per heavy atom. The van der Waals surface area contributed by atoms with E-state index in [2.05, 4.69) is 84.9 Å². The molecule has 0 aliphatic heterocycles. The smallest absolute Gasteiger partial charge is 0.0865 e. The van der Waals surface area contributed by atoms with Gasteiger partial charge in [-0.05, 0) is 16.7 Å². The molecular weight excluding hydrogens is 294 g/mol. The van der Waals surface area contributed by atoms with Gasteiger partial charge >= 0.3 is 0 Å². The Hall–Kier alpha value is -2.84. The molecular formula is C22H21NO. The minimum absolute atomic E-state index is 0.542. The summed E-state index contributed by atoms with van der Waals surface area (Å²) in [6.07, 6.45) is 0. The molecule has 0 bridgehead atoms. The molecule has 0 aliphatic carbocycles. The first kappa shape index (κ1) is 16.0. The zero-order valence-corrected chi connectivity index (χ0v) is 13.8. The monoisotopic (exact) mass is 315 g/mol. The Balaban J connectivity index is 2.35. The van der Waals surface area contributed by atoms with Crippen LogP contribution in [0.3, 0.4) is 0 Å². The number of nitrogens with one attached hydrogen (secondary N) is 1. The van der Waals surface area contributed by atoms with E-state index < -0.39 is 5.41 Å². The fourth-order valence-electron chi connectivity index (χ4n) is 3.29. The van der Waals surface area contributed by atoms with Gasteiger partial charge in [0, 0.05) is 0 Å². The maximum atomic E-state index is 5.22. The van der Waals surface area contributed by atoms with E-state index >= 15 is 0 Å². The first-order chi connectivity index (χ1) is 11.8. The molecule has 1 N–H and O–H groups in total. The van der Waals surface area contributed by atoms with Gasteiger partial charge in [-0.15, -0.1) is 0 Å². The van der Waals surface area contributed by atoms with Crippen LogP contribution in [-0.2, 0) is 10.3 Å². The summed E-state index contributed by atoms with van der Waals surface area (Å²) in [5.74, 6) is 0. The van der Waals surface area contributed by atoms with Crippen LogP contribution in [0.25, 0.3) is 0 Å². The van der Waals surface area contributed by atoms with Crippen molar-refractivity contribution in [3.8, 4) is 0 Å². The van der Waals surface area contributed by atoms with Gasteiger partial charge in [-0.25, -0.2) is 0 Å². The molecule has 0 heterocycles.